The summed E-state index contributed by atoms with van der Waals surface area (Å²) in [6.45, 7) is 3.49. The minimum Gasteiger partial charge on any atom is -0.396 e. The number of carbonyl (C=O) groups is 2. The van der Waals surface area contributed by atoms with Crippen LogP contribution >= 0.6 is 0 Å². The number of rotatable bonds is 10. The average Bonchev–Trinajstić information content (AvgIpc) is 3.43. The van der Waals surface area contributed by atoms with Crippen LogP contribution in [-0.2, 0) is 34.7 Å². The molecule has 0 radical (unpaired) electrons. The second-order valence-electron chi connectivity index (χ2n) is 9.59. The number of amides is 2. The molecule has 2 amide bonds. The smallest absolute Gasteiger partial charge is 0.264 e. The lowest BCUT2D eigenvalue weighted by atomic mass is 9.83. The van der Waals surface area contributed by atoms with Crippen molar-refractivity contribution >= 4 is 23.2 Å². The lowest BCUT2D eigenvalue weighted by Crippen LogP contribution is -2.44. The van der Waals surface area contributed by atoms with Crippen molar-refractivity contribution in [3.05, 3.63) is 83.7 Å². The van der Waals surface area contributed by atoms with Gasteiger partial charge in [-0.3, -0.25) is 14.3 Å². The fourth-order valence-electron chi connectivity index (χ4n) is 4.98. The number of allylic oxidation sites excluding steroid dienone is 1. The minimum absolute atomic E-state index is 0.0325. The Hall–Kier alpha value is -3.82. The van der Waals surface area contributed by atoms with Gasteiger partial charge in [0.25, 0.3) is 5.91 Å². The number of aliphatic hydroxyl groups excluding tert-OH is 1. The Bertz CT molecular complexity index is 1340. The van der Waals surface area contributed by atoms with Crippen LogP contribution in [0, 0.1) is 5.92 Å². The molecule has 5 rings (SSSR count). The van der Waals surface area contributed by atoms with Gasteiger partial charge in [0.15, 0.2) is 5.60 Å². The van der Waals surface area contributed by atoms with Gasteiger partial charge >= 0.3 is 0 Å². The molecule has 1 fully saturated rings. The standard InChI is InChI=1S/C28H31N5O4/c1-20(7-4-5-14-31-19-22(13-16-34)29-30-31)28(37)24-10-2-3-11-25(24)33(27(28)36)18-21-8-6-9-23(17-21)32-15-12-26(32)35/h2-4,6-11,17,19-20,34,37H,5,12-16,18H2,1H3/b7-4+/t20-,28+/m1/s1. The molecular formula is C28H31N5O4. The Morgan fingerprint density at radius 1 is 1.16 bits per heavy atom. The molecule has 37 heavy (non-hydrogen) atoms. The predicted octanol–water partition coefficient (Wildman–Crippen LogP) is 2.57. The highest BCUT2D eigenvalue weighted by molar-refractivity contribution is 6.07. The molecule has 0 saturated carbocycles. The van der Waals surface area contributed by atoms with Gasteiger partial charge in [0.05, 0.1) is 17.9 Å². The molecule has 3 aromatic rings. The van der Waals surface area contributed by atoms with E-state index in [1.807, 2.05) is 73.8 Å². The Morgan fingerprint density at radius 2 is 2.00 bits per heavy atom. The number of carbonyl (C=O) groups excluding carboxylic acids is 2. The van der Waals surface area contributed by atoms with Crippen molar-refractivity contribution in [1.82, 2.24) is 15.0 Å². The molecule has 9 heteroatoms. The third kappa shape index (κ3) is 4.68. The van der Waals surface area contributed by atoms with Crippen molar-refractivity contribution in [3.8, 4) is 0 Å². The first-order chi connectivity index (χ1) is 17.9. The number of aryl methyl sites for hydroxylation is 1. The molecule has 2 N–H and O–H groups in total. The molecule has 3 heterocycles. The number of benzene rings is 2. The number of anilines is 2. The maximum Gasteiger partial charge on any atom is 0.264 e. The van der Waals surface area contributed by atoms with Gasteiger partial charge in [-0.1, -0.05) is 54.6 Å². The van der Waals surface area contributed by atoms with E-state index in [9.17, 15) is 14.7 Å². The molecule has 1 aromatic heterocycles. The zero-order chi connectivity index (χ0) is 26.0. The molecule has 2 aliphatic rings. The number of nitrogens with zero attached hydrogens (tertiary/aromatic N) is 5. The van der Waals surface area contributed by atoms with Crippen LogP contribution in [0.15, 0.2) is 66.9 Å². The number of hydrogen-bond donors (Lipinski definition) is 2. The van der Waals surface area contributed by atoms with Gasteiger partial charge in [0.1, 0.15) is 0 Å². The van der Waals surface area contributed by atoms with E-state index in [1.165, 1.54) is 0 Å². The van der Waals surface area contributed by atoms with Crippen LogP contribution in [0.3, 0.4) is 0 Å². The highest BCUT2D eigenvalue weighted by Crippen LogP contribution is 2.45. The monoisotopic (exact) mass is 501 g/mol. The summed E-state index contributed by atoms with van der Waals surface area (Å²) in [6, 6.07) is 15.0. The Morgan fingerprint density at radius 3 is 2.76 bits per heavy atom. The average molecular weight is 502 g/mol. The molecule has 2 aromatic carbocycles. The van der Waals surface area contributed by atoms with Crippen LogP contribution in [-0.4, -0.2) is 50.2 Å². The molecule has 0 spiro atoms. The maximum atomic E-state index is 13.7. The van der Waals surface area contributed by atoms with Gasteiger partial charge in [0.2, 0.25) is 5.91 Å². The Labute approximate surface area is 215 Å². The molecule has 0 unspecified atom stereocenters. The van der Waals surface area contributed by atoms with Crippen LogP contribution in [0.2, 0.25) is 0 Å². The fourth-order valence-corrected chi connectivity index (χ4v) is 4.98. The van der Waals surface area contributed by atoms with Crippen molar-refractivity contribution in [3.63, 3.8) is 0 Å². The topological polar surface area (TPSA) is 112 Å². The summed E-state index contributed by atoms with van der Waals surface area (Å²) in [5.41, 5.74) is 2.07. The maximum absolute atomic E-state index is 13.7. The van der Waals surface area contributed by atoms with Crippen LogP contribution < -0.4 is 9.80 Å². The van der Waals surface area contributed by atoms with Gasteiger partial charge in [0, 0.05) is 55.9 Å². The summed E-state index contributed by atoms with van der Waals surface area (Å²) in [4.78, 5) is 29.0. The number of hydrogen-bond acceptors (Lipinski definition) is 6. The quantitative estimate of drug-likeness (QED) is 0.326. The molecule has 0 bridgehead atoms. The van der Waals surface area contributed by atoms with Gasteiger partial charge < -0.3 is 20.0 Å². The minimum atomic E-state index is -1.68. The zero-order valence-corrected chi connectivity index (χ0v) is 20.8. The van der Waals surface area contributed by atoms with E-state index < -0.39 is 11.5 Å². The molecule has 192 valence electrons. The van der Waals surface area contributed by atoms with Crippen LogP contribution in [0.25, 0.3) is 0 Å². The van der Waals surface area contributed by atoms with E-state index in [-0.39, 0.29) is 18.4 Å². The highest BCUT2D eigenvalue weighted by Gasteiger charge is 2.52. The molecule has 1 saturated heterocycles. The third-order valence-corrected chi connectivity index (χ3v) is 7.15. The zero-order valence-electron chi connectivity index (χ0n) is 20.8. The van der Waals surface area contributed by atoms with Crippen molar-refractivity contribution in [2.45, 2.75) is 44.9 Å². The molecular weight excluding hydrogens is 470 g/mol. The summed E-state index contributed by atoms with van der Waals surface area (Å²) >= 11 is 0. The summed E-state index contributed by atoms with van der Waals surface area (Å²) in [6.07, 6.45) is 7.32. The largest absolute Gasteiger partial charge is 0.396 e. The van der Waals surface area contributed by atoms with Gasteiger partial charge in [-0.05, 0) is 30.2 Å². The lowest BCUT2D eigenvalue weighted by molar-refractivity contribution is -0.139. The fraction of sp³-hybridized carbons (Fsp3) is 0.357. The Balaban J connectivity index is 1.31. The number of para-hydroxylation sites is 1. The van der Waals surface area contributed by atoms with Crippen LogP contribution in [0.1, 0.15) is 36.6 Å². The van der Waals surface area contributed by atoms with Crippen LogP contribution in [0.5, 0.6) is 0 Å². The lowest BCUT2D eigenvalue weighted by Gasteiger charge is -2.31. The second kappa shape index (κ2) is 10.3. The molecule has 2 aliphatic heterocycles. The van der Waals surface area contributed by atoms with Crippen molar-refractivity contribution in [2.24, 2.45) is 5.92 Å². The van der Waals surface area contributed by atoms with E-state index >= 15 is 0 Å². The van der Waals surface area contributed by atoms with E-state index in [1.54, 1.807) is 14.5 Å². The number of β-lactam (4-membered cyclic amide) rings is 1. The summed E-state index contributed by atoms with van der Waals surface area (Å²) in [7, 11) is 0. The van der Waals surface area contributed by atoms with Crippen molar-refractivity contribution in [1.29, 1.82) is 0 Å². The third-order valence-electron chi connectivity index (χ3n) is 7.15. The molecule has 9 nitrogen and oxygen atoms in total. The van der Waals surface area contributed by atoms with E-state index in [4.69, 9.17) is 5.11 Å². The summed E-state index contributed by atoms with van der Waals surface area (Å²) in [5, 5.41) is 28.9. The number of aliphatic hydroxyl groups is 2. The van der Waals surface area contributed by atoms with E-state index in [0.717, 1.165) is 16.9 Å². The van der Waals surface area contributed by atoms with Crippen molar-refractivity contribution < 1.29 is 19.8 Å². The van der Waals surface area contributed by atoms with Gasteiger partial charge in [-0.15, -0.1) is 5.10 Å². The summed E-state index contributed by atoms with van der Waals surface area (Å²) < 4.78 is 1.72. The normalized spacial score (nSPS) is 20.0. The SMILES string of the molecule is C[C@H](/C=C/CCn1cc(CCO)nn1)[C@@]1(O)C(=O)N(Cc2cccc(N3CCC3=O)c2)c2ccccc21. The van der Waals surface area contributed by atoms with E-state index in [0.29, 0.717) is 50.1 Å². The van der Waals surface area contributed by atoms with E-state index in [2.05, 4.69) is 10.3 Å². The molecule has 0 aliphatic carbocycles. The van der Waals surface area contributed by atoms with Gasteiger partial charge in [-0.25, -0.2) is 0 Å². The first kappa shape index (κ1) is 24.9. The second-order valence-corrected chi connectivity index (χ2v) is 9.59. The van der Waals surface area contributed by atoms with Gasteiger partial charge in [-0.2, -0.15) is 0 Å². The number of aromatic nitrogens is 3. The molecule has 2 atom stereocenters. The Kier molecular flexibility index (Phi) is 6.90. The first-order valence-electron chi connectivity index (χ1n) is 12.6. The predicted molar refractivity (Wildman–Crippen MR) is 139 cm³/mol. The van der Waals surface area contributed by atoms with Crippen LogP contribution in [0.4, 0.5) is 11.4 Å². The first-order valence-corrected chi connectivity index (χ1v) is 12.6. The highest BCUT2D eigenvalue weighted by atomic mass is 16.3. The van der Waals surface area contributed by atoms with Crippen molar-refractivity contribution in [2.75, 3.05) is 23.0 Å². The summed E-state index contributed by atoms with van der Waals surface area (Å²) in [5.74, 6) is -0.720. The number of fused-ring (bicyclic) bond motifs is 1.